The number of hydrogen-bond donors (Lipinski definition) is 0. The number of benzene rings is 3. The maximum Gasteiger partial charge on any atom is 0.393 e. The quantitative estimate of drug-likeness (QED) is 0.0914. The van der Waals surface area contributed by atoms with Crippen molar-refractivity contribution in [2.45, 2.75) is 65.5 Å². The maximum atomic E-state index is 13.2. The molecule has 4 aromatic rings. The highest BCUT2D eigenvalue weighted by atomic mass is 32.2. The predicted octanol–water partition coefficient (Wildman–Crippen LogP) is 8.59. The molecule has 3 aromatic carbocycles. The number of thioether (sulfide) groups is 1. The van der Waals surface area contributed by atoms with E-state index in [4.69, 9.17) is 4.42 Å². The fraction of sp³-hybridized carbons (Fsp3) is 0.300. The van der Waals surface area contributed by atoms with Gasteiger partial charge in [-0.25, -0.2) is 4.79 Å². The first kappa shape index (κ1) is 24.7. The second-order valence-electron chi connectivity index (χ2n) is 8.61. The minimum atomic E-state index is -0.514. The fourth-order valence-corrected chi connectivity index (χ4v) is 7.39. The molecule has 0 aliphatic rings. The largest absolute Gasteiger partial charge is 0.419 e. The fourth-order valence-electron chi connectivity index (χ4n) is 4.11. The molecular weight excluding hydrogens is 456 g/mol. The SMILES string of the molecule is CCCCCC(CC)CSc1ccc2cc([S+](c3ccccc3)c3ccccc3)c(=O)oc2c1. The van der Waals surface area contributed by atoms with Gasteiger partial charge >= 0.3 is 5.63 Å². The van der Waals surface area contributed by atoms with Gasteiger partial charge in [-0.15, -0.1) is 11.8 Å². The van der Waals surface area contributed by atoms with Crippen LogP contribution >= 0.6 is 11.8 Å². The van der Waals surface area contributed by atoms with Crippen LogP contribution in [-0.2, 0) is 10.9 Å². The topological polar surface area (TPSA) is 30.2 Å². The summed E-state index contributed by atoms with van der Waals surface area (Å²) in [6.07, 6.45) is 6.41. The summed E-state index contributed by atoms with van der Waals surface area (Å²) < 4.78 is 5.91. The van der Waals surface area contributed by atoms with E-state index in [-0.39, 0.29) is 5.63 Å². The van der Waals surface area contributed by atoms with E-state index in [1.807, 2.05) is 60.3 Å². The Morgan fingerprint density at radius 1 is 0.853 bits per heavy atom. The molecule has 0 saturated carbocycles. The molecule has 0 radical (unpaired) electrons. The average Bonchev–Trinajstić information content (AvgIpc) is 2.88. The summed E-state index contributed by atoms with van der Waals surface area (Å²) in [5.41, 5.74) is 0.416. The van der Waals surface area contributed by atoms with Crippen molar-refractivity contribution in [2.24, 2.45) is 5.92 Å². The molecular formula is C30H33O2S2+. The van der Waals surface area contributed by atoms with E-state index in [0.717, 1.165) is 26.8 Å². The second kappa shape index (κ2) is 12.3. The van der Waals surface area contributed by atoms with Gasteiger partial charge in [-0.05, 0) is 54.8 Å². The molecule has 0 bridgehead atoms. The third-order valence-corrected chi connectivity index (χ3v) is 9.57. The summed E-state index contributed by atoms with van der Waals surface area (Å²) in [7, 11) is -0.514. The van der Waals surface area contributed by atoms with Crippen LogP contribution in [0.15, 0.2) is 114 Å². The van der Waals surface area contributed by atoms with Crippen molar-refractivity contribution in [1.29, 1.82) is 0 Å². The van der Waals surface area contributed by atoms with E-state index >= 15 is 0 Å². The number of rotatable bonds is 11. The highest BCUT2D eigenvalue weighted by molar-refractivity contribution is 7.99. The Kier molecular flexibility index (Phi) is 8.95. The Bertz CT molecular complexity index is 1200. The van der Waals surface area contributed by atoms with E-state index in [1.54, 1.807) is 0 Å². The van der Waals surface area contributed by atoms with Crippen LogP contribution in [0.3, 0.4) is 0 Å². The van der Waals surface area contributed by atoms with Crippen molar-refractivity contribution in [1.82, 2.24) is 0 Å². The molecule has 4 heteroatoms. The zero-order chi connectivity index (χ0) is 23.8. The number of unbranched alkanes of at least 4 members (excludes halogenated alkanes) is 2. The van der Waals surface area contributed by atoms with Gasteiger partial charge in [0.05, 0.1) is 0 Å². The molecule has 4 rings (SSSR count). The second-order valence-corrected chi connectivity index (χ2v) is 11.7. The molecule has 0 spiro atoms. The molecule has 34 heavy (non-hydrogen) atoms. The molecule has 0 N–H and O–H groups in total. The first-order chi connectivity index (χ1) is 16.7. The lowest BCUT2D eigenvalue weighted by molar-refractivity contribution is 0.489. The zero-order valence-electron chi connectivity index (χ0n) is 20.0. The molecule has 1 atom stereocenters. The maximum absolute atomic E-state index is 13.2. The van der Waals surface area contributed by atoms with Crippen LogP contribution in [0, 0.1) is 5.92 Å². The van der Waals surface area contributed by atoms with Crippen LogP contribution in [-0.4, -0.2) is 5.75 Å². The number of hydrogen-bond acceptors (Lipinski definition) is 3. The Hall–Kier alpha value is -2.43. The Balaban J connectivity index is 1.61. The summed E-state index contributed by atoms with van der Waals surface area (Å²) in [5.74, 6) is 1.85. The van der Waals surface area contributed by atoms with Gasteiger partial charge in [0.1, 0.15) is 16.5 Å². The van der Waals surface area contributed by atoms with Crippen LogP contribution in [0.5, 0.6) is 0 Å². The molecule has 0 saturated heterocycles. The highest BCUT2D eigenvalue weighted by Crippen LogP contribution is 2.32. The third kappa shape index (κ3) is 6.17. The lowest BCUT2D eigenvalue weighted by Crippen LogP contribution is -2.15. The van der Waals surface area contributed by atoms with Gasteiger partial charge in [-0.3, -0.25) is 0 Å². The van der Waals surface area contributed by atoms with Gasteiger partial charge in [0.15, 0.2) is 9.79 Å². The lowest BCUT2D eigenvalue weighted by atomic mass is 10.0. The van der Waals surface area contributed by atoms with Crippen molar-refractivity contribution in [3.05, 3.63) is 95.3 Å². The standard InChI is InChI=1S/C30H33O2S2/c1-3-5-8-13-23(4-2)22-33-25-19-18-24-20-29(30(31)32-28(24)21-25)34(26-14-9-6-10-15-26)27-16-11-7-12-17-27/h6-7,9-12,14-21,23H,3-5,8,13,22H2,1-2H3/q+1. The van der Waals surface area contributed by atoms with Gasteiger partial charge in [0.2, 0.25) is 0 Å². The Morgan fingerprint density at radius 2 is 1.53 bits per heavy atom. The van der Waals surface area contributed by atoms with Crippen LogP contribution in [0.4, 0.5) is 0 Å². The van der Waals surface area contributed by atoms with E-state index < -0.39 is 10.9 Å². The molecule has 1 unspecified atom stereocenters. The Morgan fingerprint density at radius 3 is 2.15 bits per heavy atom. The van der Waals surface area contributed by atoms with Gasteiger partial charge in [-0.1, -0.05) is 75.9 Å². The first-order valence-electron chi connectivity index (χ1n) is 12.2. The van der Waals surface area contributed by atoms with Crippen LogP contribution < -0.4 is 5.63 Å². The summed E-state index contributed by atoms with van der Waals surface area (Å²) in [4.78, 5) is 17.3. The van der Waals surface area contributed by atoms with E-state index in [1.165, 1.54) is 37.0 Å². The van der Waals surface area contributed by atoms with Crippen molar-refractivity contribution in [3.8, 4) is 0 Å². The molecule has 2 nitrogen and oxygen atoms in total. The zero-order valence-corrected chi connectivity index (χ0v) is 21.7. The van der Waals surface area contributed by atoms with Crippen LogP contribution in [0.2, 0.25) is 0 Å². The monoisotopic (exact) mass is 489 g/mol. The van der Waals surface area contributed by atoms with Crippen LogP contribution in [0.25, 0.3) is 11.0 Å². The normalized spacial score (nSPS) is 12.3. The average molecular weight is 490 g/mol. The minimum Gasteiger partial charge on any atom is -0.419 e. The van der Waals surface area contributed by atoms with Gasteiger partial charge in [-0.2, -0.15) is 0 Å². The van der Waals surface area contributed by atoms with E-state index in [2.05, 4.69) is 50.2 Å². The first-order valence-corrected chi connectivity index (χ1v) is 14.5. The van der Waals surface area contributed by atoms with Crippen molar-refractivity contribution in [3.63, 3.8) is 0 Å². The van der Waals surface area contributed by atoms with Gasteiger partial charge < -0.3 is 4.42 Å². The van der Waals surface area contributed by atoms with Crippen molar-refractivity contribution >= 4 is 33.6 Å². The smallest absolute Gasteiger partial charge is 0.393 e. The number of fused-ring (bicyclic) bond motifs is 1. The van der Waals surface area contributed by atoms with Crippen LogP contribution in [0.1, 0.15) is 46.0 Å². The summed E-state index contributed by atoms with van der Waals surface area (Å²) in [5, 5.41) is 0.971. The third-order valence-electron chi connectivity index (χ3n) is 6.13. The summed E-state index contributed by atoms with van der Waals surface area (Å²) in [6.45, 7) is 4.54. The molecule has 0 fully saturated rings. The molecule has 0 amide bonds. The lowest BCUT2D eigenvalue weighted by Gasteiger charge is -2.14. The minimum absolute atomic E-state index is 0.253. The predicted molar refractivity (Wildman–Crippen MR) is 146 cm³/mol. The highest BCUT2D eigenvalue weighted by Gasteiger charge is 2.32. The van der Waals surface area contributed by atoms with Crippen molar-refractivity contribution in [2.75, 3.05) is 5.75 Å². The van der Waals surface area contributed by atoms with E-state index in [0.29, 0.717) is 10.5 Å². The molecule has 0 aliphatic heterocycles. The molecule has 0 aliphatic carbocycles. The Labute approximate surface area is 210 Å². The molecule has 1 heterocycles. The van der Waals surface area contributed by atoms with E-state index in [9.17, 15) is 4.79 Å². The summed E-state index contributed by atoms with van der Waals surface area (Å²) >= 11 is 1.88. The summed E-state index contributed by atoms with van der Waals surface area (Å²) in [6, 6.07) is 28.8. The van der Waals surface area contributed by atoms with Crippen molar-refractivity contribution < 1.29 is 4.42 Å². The molecule has 1 aromatic heterocycles. The van der Waals surface area contributed by atoms with Gasteiger partial charge in [0, 0.05) is 22.1 Å². The molecule has 176 valence electrons. The van der Waals surface area contributed by atoms with Gasteiger partial charge in [0.25, 0.3) is 4.90 Å².